The predicted molar refractivity (Wildman–Crippen MR) is 271 cm³/mol. The molecule has 1 aliphatic rings. The summed E-state index contributed by atoms with van der Waals surface area (Å²) in [6, 6.07) is 64.4. The second kappa shape index (κ2) is 16.1. The Kier molecular flexibility index (Phi) is 10.4. The lowest BCUT2D eigenvalue weighted by atomic mass is 9.78. The lowest BCUT2D eigenvalue weighted by Gasteiger charge is -2.31. The quantitative estimate of drug-likeness (QED) is 0.155. The van der Waals surface area contributed by atoms with E-state index in [9.17, 15) is 0 Å². The van der Waals surface area contributed by atoms with Crippen molar-refractivity contribution in [1.29, 1.82) is 0 Å². The summed E-state index contributed by atoms with van der Waals surface area (Å²) < 4.78 is 2.67. The third-order valence-electron chi connectivity index (χ3n) is 13.4. The highest BCUT2D eigenvalue weighted by Crippen LogP contribution is 2.49. The van der Waals surface area contributed by atoms with Gasteiger partial charge in [0, 0.05) is 37.0 Å². The summed E-state index contributed by atoms with van der Waals surface area (Å²) in [4.78, 5) is 2.54. The molecule has 1 aliphatic carbocycles. The first-order chi connectivity index (χ1) is 30.0. The molecular formula is C60H57NS. The molecule has 0 unspecified atom stereocenters. The normalized spacial score (nSPS) is 13.9. The zero-order valence-corrected chi connectivity index (χ0v) is 38.0. The van der Waals surface area contributed by atoms with E-state index >= 15 is 0 Å². The largest absolute Gasteiger partial charge is 0.309 e. The maximum absolute atomic E-state index is 2.54. The fourth-order valence-electron chi connectivity index (χ4n) is 9.98. The third-order valence-corrected chi connectivity index (χ3v) is 14.6. The van der Waals surface area contributed by atoms with Crippen molar-refractivity contribution in [1.82, 2.24) is 0 Å². The number of fused-ring (bicyclic) bond motifs is 4. The molecule has 0 atom stereocenters. The van der Waals surface area contributed by atoms with Crippen molar-refractivity contribution >= 4 is 59.3 Å². The van der Waals surface area contributed by atoms with Crippen LogP contribution >= 0.6 is 11.3 Å². The lowest BCUT2D eigenvalue weighted by molar-refractivity contribution is 0.445. The number of rotatable bonds is 7. The molecule has 1 aromatic heterocycles. The monoisotopic (exact) mass is 823 g/mol. The van der Waals surface area contributed by atoms with Crippen LogP contribution in [0.25, 0.3) is 64.3 Å². The Morgan fingerprint density at radius 2 is 1.03 bits per heavy atom. The van der Waals surface area contributed by atoms with Crippen LogP contribution in [0.4, 0.5) is 17.1 Å². The van der Waals surface area contributed by atoms with Crippen LogP contribution < -0.4 is 4.90 Å². The van der Waals surface area contributed by atoms with Crippen molar-refractivity contribution < 1.29 is 0 Å². The molecule has 2 heteroatoms. The number of nitrogens with zero attached hydrogens (tertiary/aromatic N) is 1. The molecule has 1 nitrogen and oxygen atoms in total. The molecule has 8 aromatic carbocycles. The number of para-hydroxylation sites is 2. The van der Waals surface area contributed by atoms with Crippen molar-refractivity contribution in [2.75, 3.05) is 4.90 Å². The zero-order chi connectivity index (χ0) is 42.6. The molecule has 1 saturated carbocycles. The second-order valence-corrected chi connectivity index (χ2v) is 20.6. The Morgan fingerprint density at radius 1 is 0.468 bits per heavy atom. The van der Waals surface area contributed by atoms with Gasteiger partial charge in [0.1, 0.15) is 0 Å². The van der Waals surface area contributed by atoms with Gasteiger partial charge in [-0.2, -0.15) is 0 Å². The standard InChI is InChI=1S/C60H57NS/c1-59(2,3)44-37-43(38-45(39-44)60(4,5)6)47-23-10-13-30-54(47)61(46-35-33-41(34-36-46)49-27-18-29-53-51-25-12-15-32-56(51)62-58(49)53)55-31-14-11-24-50(55)52-28-17-22-42-21-16-26-48(57(42)52)40-19-8-7-9-20-40/h10-18,21-40H,7-9,19-20H2,1-6H3. The Labute approximate surface area is 372 Å². The fraction of sp³-hybridized carbons (Fsp3) is 0.233. The molecule has 0 aliphatic heterocycles. The van der Waals surface area contributed by atoms with Crippen LogP contribution in [0.2, 0.25) is 0 Å². The van der Waals surface area contributed by atoms with Gasteiger partial charge in [0.15, 0.2) is 0 Å². The molecule has 0 N–H and O–H groups in total. The highest BCUT2D eigenvalue weighted by Gasteiger charge is 2.26. The first-order valence-corrected chi connectivity index (χ1v) is 23.5. The topological polar surface area (TPSA) is 3.24 Å². The molecule has 0 spiro atoms. The van der Waals surface area contributed by atoms with Gasteiger partial charge in [-0.3, -0.25) is 0 Å². The SMILES string of the molecule is CC(C)(C)c1cc(-c2ccccc2N(c2ccc(-c3cccc4c3sc3ccccc34)cc2)c2ccccc2-c2cccc3cccc(C4CCCCC4)c23)cc(C(C)(C)C)c1. The molecular weight excluding hydrogens is 767 g/mol. The van der Waals surface area contributed by atoms with Gasteiger partial charge in [-0.15, -0.1) is 11.3 Å². The summed E-state index contributed by atoms with van der Waals surface area (Å²) in [5, 5.41) is 5.38. The first-order valence-electron chi connectivity index (χ1n) is 22.7. The molecule has 9 aromatic rings. The molecule has 0 amide bonds. The summed E-state index contributed by atoms with van der Waals surface area (Å²) >= 11 is 1.89. The lowest BCUT2D eigenvalue weighted by Crippen LogP contribution is -2.17. The van der Waals surface area contributed by atoms with Gasteiger partial charge in [0.05, 0.1) is 11.4 Å². The van der Waals surface area contributed by atoms with Crippen LogP contribution in [0.15, 0.2) is 170 Å². The van der Waals surface area contributed by atoms with Gasteiger partial charge in [-0.05, 0) is 110 Å². The molecule has 0 radical (unpaired) electrons. The van der Waals surface area contributed by atoms with Gasteiger partial charge in [-0.25, -0.2) is 0 Å². The molecule has 0 saturated heterocycles. The van der Waals surface area contributed by atoms with E-state index in [4.69, 9.17) is 0 Å². The Hall–Kier alpha value is -5.96. The summed E-state index contributed by atoms with van der Waals surface area (Å²) in [7, 11) is 0. The van der Waals surface area contributed by atoms with E-state index in [0.29, 0.717) is 5.92 Å². The number of hydrogen-bond acceptors (Lipinski definition) is 2. The maximum atomic E-state index is 2.54. The van der Waals surface area contributed by atoms with Crippen molar-refractivity contribution in [3.05, 3.63) is 187 Å². The highest BCUT2D eigenvalue weighted by atomic mass is 32.1. The Bertz CT molecular complexity index is 3030. The second-order valence-electron chi connectivity index (χ2n) is 19.6. The first kappa shape index (κ1) is 40.1. The van der Waals surface area contributed by atoms with Gasteiger partial charge < -0.3 is 4.90 Å². The van der Waals surface area contributed by atoms with E-state index in [1.807, 2.05) is 11.3 Å². The van der Waals surface area contributed by atoms with Crippen molar-refractivity contribution in [2.24, 2.45) is 0 Å². The molecule has 1 heterocycles. The van der Waals surface area contributed by atoms with Crippen LogP contribution in [0.3, 0.4) is 0 Å². The number of benzene rings is 8. The van der Waals surface area contributed by atoms with Gasteiger partial charge >= 0.3 is 0 Å². The summed E-state index contributed by atoms with van der Waals surface area (Å²) in [5.74, 6) is 0.586. The third kappa shape index (κ3) is 7.43. The van der Waals surface area contributed by atoms with Gasteiger partial charge in [0.2, 0.25) is 0 Å². The Balaban J connectivity index is 1.20. The predicted octanol–water partition coefficient (Wildman–Crippen LogP) is 18.3. The van der Waals surface area contributed by atoms with Crippen molar-refractivity contribution in [3.8, 4) is 33.4 Å². The average molecular weight is 824 g/mol. The minimum atomic E-state index is -0.00521. The minimum Gasteiger partial charge on any atom is -0.309 e. The van der Waals surface area contributed by atoms with Gasteiger partial charge in [-0.1, -0.05) is 200 Å². The molecule has 1 fully saturated rings. The van der Waals surface area contributed by atoms with Crippen molar-refractivity contribution in [2.45, 2.75) is 90.4 Å². The number of anilines is 3. The van der Waals surface area contributed by atoms with Crippen LogP contribution in [0, 0.1) is 0 Å². The van der Waals surface area contributed by atoms with Crippen LogP contribution in [-0.4, -0.2) is 0 Å². The number of hydrogen-bond donors (Lipinski definition) is 0. The summed E-state index contributed by atoms with van der Waals surface area (Å²) in [5.41, 5.74) is 15.2. The molecule has 10 rings (SSSR count). The van der Waals surface area contributed by atoms with Crippen LogP contribution in [-0.2, 0) is 10.8 Å². The van der Waals surface area contributed by atoms with E-state index in [2.05, 4.69) is 216 Å². The molecule has 62 heavy (non-hydrogen) atoms. The van der Waals surface area contributed by atoms with E-state index in [0.717, 1.165) is 11.4 Å². The van der Waals surface area contributed by atoms with Crippen LogP contribution in [0.1, 0.15) is 96.3 Å². The maximum Gasteiger partial charge on any atom is 0.0540 e. The molecule has 308 valence electrons. The average Bonchev–Trinajstić information content (AvgIpc) is 3.68. The Morgan fingerprint density at radius 3 is 1.74 bits per heavy atom. The summed E-state index contributed by atoms with van der Waals surface area (Å²) in [6.07, 6.45) is 6.50. The fourth-order valence-corrected chi connectivity index (χ4v) is 11.2. The minimum absolute atomic E-state index is 0.00521. The van der Waals surface area contributed by atoms with Crippen LogP contribution in [0.5, 0.6) is 0 Å². The van der Waals surface area contributed by atoms with E-state index in [-0.39, 0.29) is 10.8 Å². The smallest absolute Gasteiger partial charge is 0.0540 e. The van der Waals surface area contributed by atoms with Gasteiger partial charge in [0.25, 0.3) is 0 Å². The van der Waals surface area contributed by atoms with Crippen molar-refractivity contribution in [3.63, 3.8) is 0 Å². The number of thiophene rings is 1. The summed E-state index contributed by atoms with van der Waals surface area (Å²) in [6.45, 7) is 14.0. The highest BCUT2D eigenvalue weighted by molar-refractivity contribution is 7.26. The zero-order valence-electron chi connectivity index (χ0n) is 37.1. The van der Waals surface area contributed by atoms with E-state index in [1.165, 1.54) is 119 Å². The molecule has 0 bridgehead atoms. The van der Waals surface area contributed by atoms with E-state index in [1.54, 1.807) is 0 Å². The van der Waals surface area contributed by atoms with E-state index < -0.39 is 0 Å².